The zero-order valence-electron chi connectivity index (χ0n) is 7.27. The van der Waals surface area contributed by atoms with E-state index in [9.17, 15) is 22.8 Å². The molecule has 80 valence electrons. The van der Waals surface area contributed by atoms with Gasteiger partial charge in [0.2, 0.25) is 0 Å². The number of nitrogens with one attached hydrogen (secondary N) is 1. The largest absolute Gasteiger partial charge is 0.462 e. The molecule has 1 saturated carbocycles. The maximum atomic E-state index is 12.3. The van der Waals surface area contributed by atoms with E-state index in [4.69, 9.17) is 0 Å². The molecule has 0 atom stereocenters. The number of hydrogen-bond acceptors (Lipinski definition) is 3. The number of amides is 1. The van der Waals surface area contributed by atoms with Gasteiger partial charge in [-0.2, -0.15) is 13.2 Å². The molecule has 1 fully saturated rings. The van der Waals surface area contributed by atoms with Crippen molar-refractivity contribution >= 4 is 11.9 Å². The molecule has 1 rings (SSSR count). The van der Waals surface area contributed by atoms with Crippen LogP contribution in [-0.2, 0) is 14.3 Å². The van der Waals surface area contributed by atoms with Crippen molar-refractivity contribution in [3.05, 3.63) is 0 Å². The predicted octanol–water partition coefficient (Wildman–Crippen LogP) is 0.370. The highest BCUT2D eigenvalue weighted by Crippen LogP contribution is 2.48. The van der Waals surface area contributed by atoms with Crippen molar-refractivity contribution in [2.75, 3.05) is 7.11 Å². The van der Waals surface area contributed by atoms with E-state index in [1.165, 1.54) is 0 Å². The number of methoxy groups -OCH3 is 1. The van der Waals surface area contributed by atoms with Gasteiger partial charge in [0.15, 0.2) is 0 Å². The summed E-state index contributed by atoms with van der Waals surface area (Å²) < 4.78 is 40.8. The quantitative estimate of drug-likeness (QED) is 0.503. The topological polar surface area (TPSA) is 55.4 Å². The number of carbonyl (C=O) groups is 2. The van der Waals surface area contributed by atoms with Gasteiger partial charge in [0.05, 0.1) is 7.11 Å². The molecule has 0 heterocycles. The molecular formula is C7H8F3NO3. The highest BCUT2D eigenvalue weighted by Gasteiger charge is 2.64. The minimum Gasteiger partial charge on any atom is -0.462 e. The summed E-state index contributed by atoms with van der Waals surface area (Å²) in [5.41, 5.74) is -2.21. The molecule has 14 heavy (non-hydrogen) atoms. The number of halogens is 3. The van der Waals surface area contributed by atoms with Gasteiger partial charge < -0.3 is 10.1 Å². The number of ether oxygens (including phenoxy) is 1. The lowest BCUT2D eigenvalue weighted by atomic mass is 10.2. The van der Waals surface area contributed by atoms with Crippen molar-refractivity contribution in [2.24, 2.45) is 0 Å². The summed E-state index contributed by atoms with van der Waals surface area (Å²) in [5, 5.41) is 1.62. The summed E-state index contributed by atoms with van der Waals surface area (Å²) in [4.78, 5) is 21.3. The molecule has 0 bridgehead atoms. The summed E-state index contributed by atoms with van der Waals surface area (Å²) in [6.07, 6.45) is -4.91. The fourth-order valence-electron chi connectivity index (χ4n) is 0.965. The molecule has 1 amide bonds. The van der Waals surface area contributed by atoms with E-state index in [1.807, 2.05) is 0 Å². The molecule has 0 aromatic heterocycles. The highest BCUT2D eigenvalue weighted by molar-refractivity contribution is 6.32. The maximum Gasteiger partial charge on any atom is 0.411 e. The first-order valence-electron chi connectivity index (χ1n) is 3.79. The second-order valence-electron chi connectivity index (χ2n) is 3.03. The van der Waals surface area contributed by atoms with Crippen LogP contribution < -0.4 is 5.32 Å². The molecule has 0 aromatic carbocycles. The van der Waals surface area contributed by atoms with E-state index in [2.05, 4.69) is 4.74 Å². The van der Waals surface area contributed by atoms with Gasteiger partial charge in [0.25, 0.3) is 0 Å². The summed E-state index contributed by atoms with van der Waals surface area (Å²) in [6, 6.07) is 0. The van der Waals surface area contributed by atoms with Gasteiger partial charge in [0.1, 0.15) is 5.54 Å². The molecule has 1 aliphatic carbocycles. The van der Waals surface area contributed by atoms with Crippen LogP contribution in [-0.4, -0.2) is 30.7 Å². The first kappa shape index (κ1) is 10.8. The monoisotopic (exact) mass is 211 g/mol. The molecule has 0 aliphatic heterocycles. The van der Waals surface area contributed by atoms with E-state index in [0.717, 1.165) is 7.11 Å². The number of alkyl halides is 3. The lowest BCUT2D eigenvalue weighted by Gasteiger charge is -2.19. The van der Waals surface area contributed by atoms with Crippen molar-refractivity contribution < 1.29 is 27.5 Å². The Morgan fingerprint density at radius 1 is 1.36 bits per heavy atom. The third-order valence-electron chi connectivity index (χ3n) is 2.02. The Morgan fingerprint density at radius 2 is 1.86 bits per heavy atom. The predicted molar refractivity (Wildman–Crippen MR) is 38.2 cm³/mol. The van der Waals surface area contributed by atoms with Crippen LogP contribution in [0.15, 0.2) is 0 Å². The molecule has 0 spiro atoms. The molecule has 7 heteroatoms. The van der Waals surface area contributed by atoms with Crippen LogP contribution in [0.1, 0.15) is 12.8 Å². The number of rotatable bonds is 1. The van der Waals surface area contributed by atoms with Crippen molar-refractivity contribution in [1.29, 1.82) is 0 Å². The molecule has 0 saturated heterocycles. The Morgan fingerprint density at radius 3 is 2.14 bits per heavy atom. The molecule has 0 unspecified atom stereocenters. The van der Waals surface area contributed by atoms with Crippen LogP contribution in [0.3, 0.4) is 0 Å². The second kappa shape index (κ2) is 3.14. The van der Waals surface area contributed by atoms with E-state index in [-0.39, 0.29) is 12.8 Å². The fraction of sp³-hybridized carbons (Fsp3) is 0.714. The first-order valence-corrected chi connectivity index (χ1v) is 3.79. The van der Waals surface area contributed by atoms with E-state index >= 15 is 0 Å². The van der Waals surface area contributed by atoms with E-state index < -0.39 is 23.6 Å². The average Bonchev–Trinajstić information content (AvgIpc) is 2.82. The lowest BCUT2D eigenvalue weighted by Crippen LogP contribution is -2.50. The van der Waals surface area contributed by atoms with Gasteiger partial charge in [-0.15, -0.1) is 0 Å². The second-order valence-corrected chi connectivity index (χ2v) is 3.03. The fourth-order valence-corrected chi connectivity index (χ4v) is 0.965. The molecule has 1 N–H and O–H groups in total. The van der Waals surface area contributed by atoms with Crippen LogP contribution in [0.5, 0.6) is 0 Å². The number of esters is 1. The van der Waals surface area contributed by atoms with Crippen molar-refractivity contribution in [2.45, 2.75) is 24.6 Å². The first-order chi connectivity index (χ1) is 6.32. The maximum absolute atomic E-state index is 12.3. The summed E-state index contributed by atoms with van der Waals surface area (Å²) in [6.45, 7) is 0. The Balaban J connectivity index is 2.61. The van der Waals surface area contributed by atoms with Crippen molar-refractivity contribution in [3.63, 3.8) is 0 Å². The standard InChI is InChI=1S/C7H8F3NO3/c1-14-5(13)4(12)11-6(2-3-6)7(8,9)10/h2-3H2,1H3,(H,11,12). The molecule has 0 radical (unpaired) electrons. The lowest BCUT2D eigenvalue weighted by molar-refractivity contribution is -0.174. The zero-order chi connectivity index (χ0) is 11.0. The van der Waals surface area contributed by atoms with Crippen LogP contribution in [0.25, 0.3) is 0 Å². The third kappa shape index (κ3) is 1.80. The highest BCUT2D eigenvalue weighted by atomic mass is 19.4. The Hall–Kier alpha value is -1.27. The van der Waals surface area contributed by atoms with Crippen LogP contribution in [0, 0.1) is 0 Å². The van der Waals surface area contributed by atoms with E-state index in [1.54, 1.807) is 5.32 Å². The van der Waals surface area contributed by atoms with E-state index in [0.29, 0.717) is 0 Å². The Bertz CT molecular complexity index is 270. The summed E-state index contributed by atoms with van der Waals surface area (Å²) in [5.74, 6) is -2.68. The molecular weight excluding hydrogens is 203 g/mol. The summed E-state index contributed by atoms with van der Waals surface area (Å²) >= 11 is 0. The number of carbonyl (C=O) groups excluding carboxylic acids is 2. The molecule has 1 aliphatic rings. The minimum absolute atomic E-state index is 0.195. The minimum atomic E-state index is -4.52. The van der Waals surface area contributed by atoms with Gasteiger partial charge >= 0.3 is 18.1 Å². The van der Waals surface area contributed by atoms with Gasteiger partial charge in [-0.05, 0) is 12.8 Å². The zero-order valence-corrected chi connectivity index (χ0v) is 7.27. The van der Waals surface area contributed by atoms with Crippen LogP contribution >= 0.6 is 0 Å². The third-order valence-corrected chi connectivity index (χ3v) is 2.02. The van der Waals surface area contributed by atoms with Gasteiger partial charge in [-0.25, -0.2) is 4.79 Å². The average molecular weight is 211 g/mol. The van der Waals surface area contributed by atoms with Gasteiger partial charge in [-0.3, -0.25) is 4.79 Å². The SMILES string of the molecule is COC(=O)C(=O)NC1(C(F)(F)F)CC1. The molecule has 4 nitrogen and oxygen atoms in total. The normalized spacial score (nSPS) is 18.6. The number of hydrogen-bond donors (Lipinski definition) is 1. The Kier molecular flexibility index (Phi) is 2.43. The van der Waals surface area contributed by atoms with Gasteiger partial charge in [0, 0.05) is 0 Å². The molecule has 0 aromatic rings. The van der Waals surface area contributed by atoms with Crippen LogP contribution in [0.2, 0.25) is 0 Å². The van der Waals surface area contributed by atoms with Crippen LogP contribution in [0.4, 0.5) is 13.2 Å². The Labute approximate surface area is 77.4 Å². The van der Waals surface area contributed by atoms with Crippen molar-refractivity contribution in [1.82, 2.24) is 5.32 Å². The smallest absolute Gasteiger partial charge is 0.411 e. The summed E-state index contributed by atoms with van der Waals surface area (Å²) in [7, 11) is 0.926. The van der Waals surface area contributed by atoms with Crippen molar-refractivity contribution in [3.8, 4) is 0 Å². The van der Waals surface area contributed by atoms with Gasteiger partial charge in [-0.1, -0.05) is 0 Å².